The van der Waals surface area contributed by atoms with Gasteiger partial charge in [-0.05, 0) is 90.3 Å². The number of nitrogens with two attached hydrogens (primary N) is 2. The summed E-state index contributed by atoms with van der Waals surface area (Å²) in [4.78, 5) is 44.3. The van der Waals surface area contributed by atoms with Gasteiger partial charge in [-0.3, -0.25) is 24.1 Å². The second kappa shape index (κ2) is 10.3. The number of hydrogen-bond acceptors (Lipinski definition) is 7. The van der Waals surface area contributed by atoms with Crippen molar-refractivity contribution in [1.29, 1.82) is 0 Å². The van der Waals surface area contributed by atoms with Crippen molar-refractivity contribution in [3.63, 3.8) is 0 Å². The van der Waals surface area contributed by atoms with Crippen molar-refractivity contribution >= 4 is 17.7 Å². The third-order valence-electron chi connectivity index (χ3n) is 8.98. The summed E-state index contributed by atoms with van der Waals surface area (Å²) in [5, 5.41) is 16.8. The van der Waals surface area contributed by atoms with E-state index >= 15 is 0 Å². The Bertz CT molecular complexity index is 1580. The van der Waals surface area contributed by atoms with Crippen LogP contribution < -0.4 is 16.8 Å². The Morgan fingerprint density at radius 3 is 2.21 bits per heavy atom. The maximum absolute atomic E-state index is 13.3. The van der Waals surface area contributed by atoms with Crippen molar-refractivity contribution in [1.82, 2.24) is 30.4 Å². The summed E-state index contributed by atoms with van der Waals surface area (Å²) in [5.41, 5.74) is 14.8. The Balaban J connectivity index is 1.42. The van der Waals surface area contributed by atoms with Crippen LogP contribution in [0.4, 0.5) is 0 Å². The molecule has 2 aliphatic carbocycles. The van der Waals surface area contributed by atoms with Crippen LogP contribution in [0.2, 0.25) is 0 Å². The van der Waals surface area contributed by atoms with Crippen molar-refractivity contribution in [3.05, 3.63) is 87.0 Å². The van der Waals surface area contributed by atoms with Gasteiger partial charge in [0.15, 0.2) is 5.82 Å². The first kappa shape index (κ1) is 27.5. The molecule has 5 N–H and O–H groups in total. The summed E-state index contributed by atoms with van der Waals surface area (Å²) < 4.78 is 0. The lowest BCUT2D eigenvalue weighted by molar-refractivity contribution is -0.131. The highest BCUT2D eigenvalue weighted by Crippen LogP contribution is 2.49. The fourth-order valence-electron chi connectivity index (χ4n) is 6.94. The predicted octanol–water partition coefficient (Wildman–Crippen LogP) is 1.08. The fourth-order valence-corrected chi connectivity index (χ4v) is 6.94. The second-order valence-electron chi connectivity index (χ2n) is 11.7. The van der Waals surface area contributed by atoms with Crippen molar-refractivity contribution in [2.75, 3.05) is 6.54 Å². The molecule has 0 bridgehead atoms. The number of aryl methyl sites for hydroxylation is 3. The predicted molar refractivity (Wildman–Crippen MR) is 152 cm³/mol. The molecule has 42 heavy (non-hydrogen) atoms. The summed E-state index contributed by atoms with van der Waals surface area (Å²) in [6.45, 7) is 9.62. The molecule has 3 aliphatic rings. The highest BCUT2D eigenvalue weighted by Gasteiger charge is 2.57. The normalized spacial score (nSPS) is 22.2. The second-order valence-corrected chi connectivity index (χ2v) is 11.7. The van der Waals surface area contributed by atoms with E-state index in [1.807, 2.05) is 31.2 Å². The van der Waals surface area contributed by atoms with Gasteiger partial charge in [-0.15, -0.1) is 10.2 Å². The molecule has 4 atom stereocenters. The van der Waals surface area contributed by atoms with E-state index in [2.05, 4.69) is 25.6 Å². The maximum Gasteiger partial charge on any atom is 0.301 e. The number of aromatic nitrogens is 4. The van der Waals surface area contributed by atoms with E-state index in [4.69, 9.17) is 18.0 Å². The van der Waals surface area contributed by atoms with Crippen molar-refractivity contribution in [2.24, 2.45) is 24.4 Å². The lowest BCUT2D eigenvalue weighted by atomic mass is 9.67. The van der Waals surface area contributed by atoms with Crippen molar-refractivity contribution in [3.8, 4) is 0 Å². The number of rotatable bonds is 8. The number of carbonyl (C=O) groups excluding carboxylic acids is 3. The molecule has 1 saturated heterocycles. The van der Waals surface area contributed by atoms with Crippen LogP contribution in [-0.4, -0.2) is 67.6 Å². The molecule has 1 aromatic heterocycles. The van der Waals surface area contributed by atoms with E-state index in [0.29, 0.717) is 42.1 Å². The zero-order valence-electron chi connectivity index (χ0n) is 23.6. The first-order valence-electron chi connectivity index (χ1n) is 14.1. The van der Waals surface area contributed by atoms with E-state index in [1.165, 1.54) is 4.80 Å². The smallest absolute Gasteiger partial charge is 0.301 e. The Hall–Kier alpha value is -4.63. The SMILES string of the molecule is [C-]#[N+][C@@H]1C[C@@H]2C[C@@H]2N1C(=O)CN[C@@H](C)CC1(c2nnn(C)n2)c2ccc(C(N)=O)cc2CCc2cc(C(N)=O)ccc21. The first-order valence-corrected chi connectivity index (χ1v) is 14.1. The van der Waals surface area contributed by atoms with Gasteiger partial charge >= 0.3 is 6.17 Å². The number of piperidine rings is 1. The molecule has 216 valence electrons. The quantitative estimate of drug-likeness (QED) is 0.342. The number of hydrogen-bond donors (Lipinski definition) is 3. The van der Waals surface area contributed by atoms with Crippen LogP contribution in [0, 0.1) is 12.5 Å². The van der Waals surface area contributed by atoms with Crippen LogP contribution in [-0.2, 0) is 30.1 Å². The van der Waals surface area contributed by atoms with E-state index in [9.17, 15) is 14.4 Å². The lowest BCUT2D eigenvalue weighted by Gasteiger charge is -2.36. The van der Waals surface area contributed by atoms with Crippen LogP contribution >= 0.6 is 0 Å². The third-order valence-corrected chi connectivity index (χ3v) is 8.98. The van der Waals surface area contributed by atoms with Crippen molar-refractivity contribution < 1.29 is 14.4 Å². The third kappa shape index (κ3) is 4.59. The van der Waals surface area contributed by atoms with Crippen LogP contribution in [0.25, 0.3) is 4.85 Å². The Morgan fingerprint density at radius 2 is 1.69 bits per heavy atom. The Morgan fingerprint density at radius 1 is 1.07 bits per heavy atom. The highest BCUT2D eigenvalue weighted by molar-refractivity contribution is 5.94. The summed E-state index contributed by atoms with van der Waals surface area (Å²) in [6, 6.07) is 10.8. The van der Waals surface area contributed by atoms with Gasteiger partial charge in [-0.25, -0.2) is 6.57 Å². The number of nitrogens with one attached hydrogen (secondary N) is 1. The minimum Gasteiger partial charge on any atom is -0.366 e. The van der Waals surface area contributed by atoms with E-state index in [1.54, 1.807) is 24.1 Å². The molecule has 12 heteroatoms. The summed E-state index contributed by atoms with van der Waals surface area (Å²) in [7, 11) is 1.70. The zero-order valence-corrected chi connectivity index (χ0v) is 23.6. The molecular formula is C30H33N9O3. The summed E-state index contributed by atoms with van der Waals surface area (Å²) in [6.07, 6.45) is 2.96. The van der Waals surface area contributed by atoms with Gasteiger partial charge in [0.25, 0.3) is 0 Å². The molecule has 0 spiro atoms. The number of tetrazole rings is 1. The minimum absolute atomic E-state index is 0.0709. The maximum atomic E-state index is 13.3. The Kier molecular flexibility index (Phi) is 6.77. The number of nitrogens with zero attached hydrogens (tertiary/aromatic N) is 6. The van der Waals surface area contributed by atoms with Gasteiger partial charge in [0.2, 0.25) is 17.7 Å². The molecule has 3 aromatic rings. The molecule has 12 nitrogen and oxygen atoms in total. The molecule has 0 unspecified atom stereocenters. The molecule has 2 heterocycles. The number of carbonyl (C=O) groups is 3. The van der Waals surface area contributed by atoms with Crippen LogP contribution in [0.3, 0.4) is 0 Å². The zero-order chi connectivity index (χ0) is 29.8. The summed E-state index contributed by atoms with van der Waals surface area (Å²) >= 11 is 0. The number of fused-ring (bicyclic) bond motifs is 3. The lowest BCUT2D eigenvalue weighted by Crippen LogP contribution is -2.46. The number of benzene rings is 2. The molecule has 3 amide bonds. The van der Waals surface area contributed by atoms with Gasteiger partial charge in [0.1, 0.15) is 0 Å². The largest absolute Gasteiger partial charge is 0.366 e. The molecule has 2 fully saturated rings. The van der Waals surface area contributed by atoms with Gasteiger partial charge in [-0.1, -0.05) is 12.1 Å². The molecule has 0 radical (unpaired) electrons. The number of likely N-dealkylation sites (tertiary alicyclic amines) is 1. The van der Waals surface area contributed by atoms with Gasteiger partial charge in [0.05, 0.1) is 19.0 Å². The topological polar surface area (TPSA) is 166 Å². The molecule has 1 aliphatic heterocycles. The number of primary amides is 2. The molecule has 1 saturated carbocycles. The van der Waals surface area contributed by atoms with E-state index < -0.39 is 17.2 Å². The van der Waals surface area contributed by atoms with Gasteiger partial charge in [-0.2, -0.15) is 4.80 Å². The summed E-state index contributed by atoms with van der Waals surface area (Å²) in [5.74, 6) is -0.208. The van der Waals surface area contributed by atoms with E-state index in [0.717, 1.165) is 35.1 Å². The van der Waals surface area contributed by atoms with Crippen LogP contribution in [0.5, 0.6) is 0 Å². The molecule has 6 rings (SSSR count). The standard InChI is InChI=1S/C30H33N9O3/c1-16(34-15-26(40)39-24-12-21(24)13-25(39)33-2)14-30(29-35-37-38(3)36-29)22-8-6-19(27(31)41)10-17(22)4-5-18-11-20(28(32)42)7-9-23(18)30/h6-11,16,21,24-25,34H,4-5,12-15H2,1,3H3,(H2,31,41)(H2,32,42)/t16-,21-,24-,25-/m0/s1. The monoisotopic (exact) mass is 567 g/mol. The van der Waals surface area contributed by atoms with Gasteiger partial charge in [0, 0.05) is 29.6 Å². The Labute approximate surface area is 243 Å². The average molecular weight is 568 g/mol. The molecular weight excluding hydrogens is 534 g/mol. The van der Waals surface area contributed by atoms with Gasteiger partial charge < -0.3 is 16.8 Å². The fraction of sp³-hybridized carbons (Fsp3) is 0.433. The average Bonchev–Trinajstić information content (AvgIpc) is 3.46. The molecule has 2 aromatic carbocycles. The van der Waals surface area contributed by atoms with Crippen LogP contribution in [0.15, 0.2) is 36.4 Å². The van der Waals surface area contributed by atoms with Crippen molar-refractivity contribution in [2.45, 2.75) is 62.7 Å². The highest BCUT2D eigenvalue weighted by atomic mass is 16.2. The van der Waals surface area contributed by atoms with Crippen LogP contribution in [0.1, 0.15) is 75.0 Å². The number of amides is 3. The van der Waals surface area contributed by atoms with E-state index in [-0.39, 0.29) is 30.7 Å². The first-order chi connectivity index (χ1) is 20.1. The minimum atomic E-state index is -0.939.